The first-order valence-electron chi connectivity index (χ1n) is 6.37. The van der Waals surface area contributed by atoms with Gasteiger partial charge in [-0.25, -0.2) is 4.98 Å². The molecule has 0 radical (unpaired) electrons. The molecule has 102 valence electrons. The van der Waals surface area contributed by atoms with Crippen molar-refractivity contribution in [3.8, 4) is 11.8 Å². The predicted molar refractivity (Wildman–Crippen MR) is 65.5 cm³/mol. The summed E-state index contributed by atoms with van der Waals surface area (Å²) in [6.45, 7) is 0. The highest BCUT2D eigenvalue weighted by Gasteiger charge is 2.45. The number of nitrogens with zero attached hydrogens (tertiary/aromatic N) is 2. The van der Waals surface area contributed by atoms with Crippen molar-refractivity contribution in [2.45, 2.75) is 31.5 Å². The van der Waals surface area contributed by atoms with Crippen LogP contribution in [0.5, 0.6) is 11.8 Å². The van der Waals surface area contributed by atoms with Crippen LogP contribution >= 0.6 is 0 Å². The second-order valence-electron chi connectivity index (χ2n) is 4.85. The van der Waals surface area contributed by atoms with E-state index in [1.165, 1.54) is 20.4 Å². The SMILES string of the molecule is COc1cnc(C(=O)C2CC3CCC2O3)c(OC)n1. The van der Waals surface area contributed by atoms with Crippen LogP contribution in [0.25, 0.3) is 0 Å². The van der Waals surface area contributed by atoms with E-state index in [4.69, 9.17) is 14.2 Å². The van der Waals surface area contributed by atoms with Crippen molar-refractivity contribution in [1.29, 1.82) is 0 Å². The van der Waals surface area contributed by atoms with Crippen LogP contribution in [-0.4, -0.2) is 42.2 Å². The number of ketones is 1. The number of carbonyl (C=O) groups excluding carboxylic acids is 1. The number of hydrogen-bond donors (Lipinski definition) is 0. The topological polar surface area (TPSA) is 70.5 Å². The van der Waals surface area contributed by atoms with Gasteiger partial charge < -0.3 is 14.2 Å². The maximum atomic E-state index is 12.5. The Morgan fingerprint density at radius 1 is 1.37 bits per heavy atom. The third-order valence-electron chi connectivity index (χ3n) is 3.80. The van der Waals surface area contributed by atoms with Crippen molar-refractivity contribution in [3.63, 3.8) is 0 Å². The van der Waals surface area contributed by atoms with Crippen LogP contribution in [0, 0.1) is 5.92 Å². The van der Waals surface area contributed by atoms with Gasteiger partial charge in [0.05, 0.1) is 38.5 Å². The zero-order chi connectivity index (χ0) is 13.4. The number of fused-ring (bicyclic) bond motifs is 2. The summed E-state index contributed by atoms with van der Waals surface area (Å²) in [4.78, 5) is 20.7. The van der Waals surface area contributed by atoms with E-state index in [9.17, 15) is 4.79 Å². The molecule has 2 aliphatic heterocycles. The Balaban J connectivity index is 1.87. The van der Waals surface area contributed by atoms with Gasteiger partial charge in [0.1, 0.15) is 0 Å². The Morgan fingerprint density at radius 2 is 2.21 bits per heavy atom. The Hall–Kier alpha value is -1.69. The molecule has 6 heteroatoms. The third kappa shape index (κ3) is 2.06. The highest BCUT2D eigenvalue weighted by atomic mass is 16.5. The highest BCUT2D eigenvalue weighted by molar-refractivity contribution is 5.98. The second-order valence-corrected chi connectivity index (χ2v) is 4.85. The van der Waals surface area contributed by atoms with Crippen LogP contribution in [0.2, 0.25) is 0 Å². The predicted octanol–water partition coefficient (Wildman–Crippen LogP) is 1.24. The summed E-state index contributed by atoms with van der Waals surface area (Å²) in [5.41, 5.74) is 0.268. The van der Waals surface area contributed by atoms with Gasteiger partial charge >= 0.3 is 0 Å². The molecule has 2 aliphatic rings. The lowest BCUT2D eigenvalue weighted by molar-refractivity contribution is 0.0736. The van der Waals surface area contributed by atoms with Crippen molar-refractivity contribution in [2.75, 3.05) is 14.2 Å². The zero-order valence-corrected chi connectivity index (χ0v) is 11.0. The molecule has 0 aromatic carbocycles. The molecule has 19 heavy (non-hydrogen) atoms. The number of hydrogen-bond acceptors (Lipinski definition) is 6. The molecule has 1 aromatic heterocycles. The number of aromatic nitrogens is 2. The lowest BCUT2D eigenvalue weighted by Gasteiger charge is -2.17. The molecule has 0 saturated carbocycles. The van der Waals surface area contributed by atoms with Crippen LogP contribution < -0.4 is 9.47 Å². The Labute approximate surface area is 111 Å². The number of carbonyl (C=O) groups is 1. The van der Waals surface area contributed by atoms with Gasteiger partial charge in [-0.3, -0.25) is 4.79 Å². The molecule has 0 amide bonds. The van der Waals surface area contributed by atoms with Gasteiger partial charge in [0, 0.05) is 0 Å². The molecule has 2 bridgehead atoms. The molecular formula is C13H16N2O4. The summed E-state index contributed by atoms with van der Waals surface area (Å²) < 4.78 is 15.8. The fraction of sp³-hybridized carbons (Fsp3) is 0.615. The van der Waals surface area contributed by atoms with Crippen LogP contribution in [0.1, 0.15) is 29.8 Å². The van der Waals surface area contributed by atoms with Gasteiger partial charge in [-0.1, -0.05) is 0 Å². The van der Waals surface area contributed by atoms with Crippen molar-refractivity contribution >= 4 is 5.78 Å². The van der Waals surface area contributed by atoms with Gasteiger partial charge in [-0.15, -0.1) is 0 Å². The molecule has 0 spiro atoms. The van der Waals surface area contributed by atoms with E-state index < -0.39 is 0 Å². The first-order chi connectivity index (χ1) is 9.22. The largest absolute Gasteiger partial charge is 0.480 e. The second kappa shape index (κ2) is 4.77. The summed E-state index contributed by atoms with van der Waals surface area (Å²) in [5.74, 6) is 0.388. The molecule has 6 nitrogen and oxygen atoms in total. The maximum Gasteiger partial charge on any atom is 0.246 e. The van der Waals surface area contributed by atoms with Crippen LogP contribution in [0.15, 0.2) is 6.20 Å². The number of ether oxygens (including phenoxy) is 3. The lowest BCUT2D eigenvalue weighted by Crippen LogP contribution is -2.26. The summed E-state index contributed by atoms with van der Waals surface area (Å²) in [7, 11) is 2.96. The fourth-order valence-electron chi connectivity index (χ4n) is 2.86. The average Bonchev–Trinajstić information content (AvgIpc) is 3.08. The first kappa shape index (κ1) is 12.3. The van der Waals surface area contributed by atoms with E-state index in [1.807, 2.05) is 0 Å². The van der Waals surface area contributed by atoms with Crippen LogP contribution in [0.4, 0.5) is 0 Å². The molecule has 1 aromatic rings. The molecule has 3 unspecified atom stereocenters. The van der Waals surface area contributed by atoms with Gasteiger partial charge in [0.15, 0.2) is 11.5 Å². The Bertz CT molecular complexity index is 505. The quantitative estimate of drug-likeness (QED) is 0.762. The van der Waals surface area contributed by atoms with Crippen LogP contribution in [-0.2, 0) is 4.74 Å². The molecular weight excluding hydrogens is 248 g/mol. The molecule has 0 N–H and O–H groups in total. The van der Waals surface area contributed by atoms with E-state index in [2.05, 4.69) is 9.97 Å². The normalized spacial score (nSPS) is 28.4. The molecule has 3 atom stereocenters. The minimum atomic E-state index is -0.115. The zero-order valence-electron chi connectivity index (χ0n) is 11.0. The van der Waals surface area contributed by atoms with Crippen molar-refractivity contribution in [3.05, 3.63) is 11.9 Å². The summed E-state index contributed by atoms with van der Waals surface area (Å²) >= 11 is 0. The highest BCUT2D eigenvalue weighted by Crippen LogP contribution is 2.40. The van der Waals surface area contributed by atoms with Gasteiger partial charge in [0.2, 0.25) is 11.8 Å². The van der Waals surface area contributed by atoms with Crippen molar-refractivity contribution < 1.29 is 19.0 Å². The summed E-state index contributed by atoms with van der Waals surface area (Å²) in [6, 6.07) is 0. The van der Waals surface area contributed by atoms with E-state index in [0.717, 1.165) is 19.3 Å². The fourth-order valence-corrected chi connectivity index (χ4v) is 2.86. The summed E-state index contributed by atoms with van der Waals surface area (Å²) in [6.07, 6.45) is 4.49. The van der Waals surface area contributed by atoms with Gasteiger partial charge in [-0.2, -0.15) is 4.98 Å². The molecule has 3 heterocycles. The maximum absolute atomic E-state index is 12.5. The van der Waals surface area contributed by atoms with E-state index in [-0.39, 0.29) is 35.5 Å². The van der Waals surface area contributed by atoms with E-state index in [0.29, 0.717) is 5.88 Å². The van der Waals surface area contributed by atoms with Crippen molar-refractivity contribution in [1.82, 2.24) is 9.97 Å². The van der Waals surface area contributed by atoms with E-state index >= 15 is 0 Å². The third-order valence-corrected chi connectivity index (χ3v) is 3.80. The van der Waals surface area contributed by atoms with Crippen molar-refractivity contribution in [2.24, 2.45) is 5.92 Å². The minimum Gasteiger partial charge on any atom is -0.480 e. The molecule has 3 rings (SSSR count). The average molecular weight is 264 g/mol. The van der Waals surface area contributed by atoms with Crippen LogP contribution in [0.3, 0.4) is 0 Å². The first-order valence-corrected chi connectivity index (χ1v) is 6.37. The Kier molecular flexibility index (Phi) is 3.10. The molecule has 0 aliphatic carbocycles. The molecule has 2 fully saturated rings. The standard InChI is InChI=1S/C13H16N2O4/c1-17-10-6-14-11(13(15-10)18-2)12(16)8-5-7-3-4-9(8)19-7/h6-9H,3-5H2,1-2H3. The smallest absolute Gasteiger partial charge is 0.246 e. The van der Waals surface area contributed by atoms with E-state index in [1.54, 1.807) is 0 Å². The number of methoxy groups -OCH3 is 2. The summed E-state index contributed by atoms with van der Waals surface area (Å²) in [5, 5.41) is 0. The van der Waals surface area contributed by atoms with Gasteiger partial charge in [-0.05, 0) is 19.3 Å². The Morgan fingerprint density at radius 3 is 2.79 bits per heavy atom. The number of Topliss-reactive ketones (excluding diaryl/α,β-unsaturated/α-hetero) is 1. The molecule has 2 saturated heterocycles. The van der Waals surface area contributed by atoms with Gasteiger partial charge in [0.25, 0.3) is 0 Å². The minimum absolute atomic E-state index is 0.0334. The lowest BCUT2D eigenvalue weighted by atomic mass is 9.85. The number of rotatable bonds is 4. The monoisotopic (exact) mass is 264 g/mol.